The highest BCUT2D eigenvalue weighted by Gasteiger charge is 2.16. The van der Waals surface area contributed by atoms with Crippen LogP contribution >= 0.6 is 11.3 Å². The largest absolute Gasteiger partial charge is 0.396 e. The van der Waals surface area contributed by atoms with Crippen molar-refractivity contribution in [1.82, 2.24) is 10.3 Å². The van der Waals surface area contributed by atoms with Crippen molar-refractivity contribution in [3.63, 3.8) is 0 Å². The van der Waals surface area contributed by atoms with Crippen LogP contribution in [-0.2, 0) is 0 Å². The molecule has 1 heterocycles. The SMILES string of the molecule is CC(C)C(CCO)NC(=O)c1ccc(-c2cscn2)cc1. The molecule has 0 aliphatic rings. The number of nitrogens with one attached hydrogen (secondary N) is 1. The van der Waals surface area contributed by atoms with Crippen LogP contribution in [0.4, 0.5) is 0 Å². The van der Waals surface area contributed by atoms with E-state index >= 15 is 0 Å². The summed E-state index contributed by atoms with van der Waals surface area (Å²) in [4.78, 5) is 16.5. The second kappa shape index (κ2) is 7.33. The van der Waals surface area contributed by atoms with Gasteiger partial charge in [0.25, 0.3) is 5.91 Å². The first-order chi connectivity index (χ1) is 10.1. The summed E-state index contributed by atoms with van der Waals surface area (Å²) in [5, 5.41) is 14.0. The Balaban J connectivity index is 2.06. The van der Waals surface area contributed by atoms with Crippen molar-refractivity contribution in [1.29, 1.82) is 0 Å². The van der Waals surface area contributed by atoms with E-state index in [9.17, 15) is 4.79 Å². The molecular formula is C16H20N2O2S. The standard InChI is InChI=1S/C16H20N2O2S/c1-11(2)14(7-8-19)18-16(20)13-5-3-12(4-6-13)15-9-21-10-17-15/h3-6,9-11,14,19H,7-8H2,1-2H3,(H,18,20). The second-order valence-electron chi connectivity index (χ2n) is 5.29. The molecule has 0 saturated carbocycles. The molecule has 2 rings (SSSR count). The van der Waals surface area contributed by atoms with E-state index in [1.54, 1.807) is 29.0 Å². The zero-order chi connectivity index (χ0) is 15.2. The Bertz CT molecular complexity index is 564. The molecule has 1 atom stereocenters. The average Bonchev–Trinajstić information content (AvgIpc) is 3.01. The number of hydrogen-bond acceptors (Lipinski definition) is 4. The summed E-state index contributed by atoms with van der Waals surface area (Å²) in [5.41, 5.74) is 4.34. The minimum atomic E-state index is -0.105. The van der Waals surface area contributed by atoms with Crippen molar-refractivity contribution >= 4 is 17.2 Å². The van der Waals surface area contributed by atoms with E-state index in [1.807, 2.05) is 31.4 Å². The van der Waals surface area contributed by atoms with Gasteiger partial charge in [-0.05, 0) is 24.5 Å². The summed E-state index contributed by atoms with van der Waals surface area (Å²) >= 11 is 1.55. The molecule has 1 amide bonds. The number of aliphatic hydroxyl groups is 1. The molecule has 2 N–H and O–H groups in total. The lowest BCUT2D eigenvalue weighted by Crippen LogP contribution is -2.39. The van der Waals surface area contributed by atoms with Gasteiger partial charge in [-0.15, -0.1) is 11.3 Å². The molecule has 0 bridgehead atoms. The molecule has 0 aliphatic heterocycles. The summed E-state index contributed by atoms with van der Waals surface area (Å²) in [6, 6.07) is 7.40. The van der Waals surface area contributed by atoms with Crippen LogP contribution in [0.25, 0.3) is 11.3 Å². The molecule has 0 fully saturated rings. The first kappa shape index (κ1) is 15.7. The fourth-order valence-corrected chi connectivity index (χ4v) is 2.67. The van der Waals surface area contributed by atoms with Gasteiger partial charge >= 0.3 is 0 Å². The molecule has 0 aliphatic carbocycles. The van der Waals surface area contributed by atoms with E-state index in [1.165, 1.54) is 0 Å². The lowest BCUT2D eigenvalue weighted by Gasteiger charge is -2.21. The summed E-state index contributed by atoms with van der Waals surface area (Å²) in [6.45, 7) is 4.14. The Labute approximate surface area is 128 Å². The number of amides is 1. The van der Waals surface area contributed by atoms with Gasteiger partial charge in [-0.25, -0.2) is 4.98 Å². The summed E-state index contributed by atoms with van der Waals surface area (Å²) < 4.78 is 0. The number of carbonyl (C=O) groups excluding carboxylic acids is 1. The minimum absolute atomic E-state index is 0.0132. The predicted molar refractivity (Wildman–Crippen MR) is 85.3 cm³/mol. The monoisotopic (exact) mass is 304 g/mol. The van der Waals surface area contributed by atoms with Crippen LogP contribution in [-0.4, -0.2) is 28.6 Å². The average molecular weight is 304 g/mol. The van der Waals surface area contributed by atoms with Crippen molar-refractivity contribution < 1.29 is 9.90 Å². The second-order valence-corrected chi connectivity index (χ2v) is 6.01. The highest BCUT2D eigenvalue weighted by Crippen LogP contribution is 2.19. The molecule has 0 spiro atoms. The van der Waals surface area contributed by atoms with Gasteiger partial charge in [-0.1, -0.05) is 26.0 Å². The number of hydrogen-bond donors (Lipinski definition) is 2. The molecule has 112 valence electrons. The van der Waals surface area contributed by atoms with Crippen LogP contribution in [0, 0.1) is 5.92 Å². The lowest BCUT2D eigenvalue weighted by molar-refractivity contribution is 0.0916. The zero-order valence-corrected chi connectivity index (χ0v) is 13.1. The number of carbonyl (C=O) groups is 1. The molecule has 1 aromatic heterocycles. The van der Waals surface area contributed by atoms with E-state index in [2.05, 4.69) is 10.3 Å². The maximum atomic E-state index is 12.2. The Morgan fingerprint density at radius 2 is 2.05 bits per heavy atom. The molecule has 21 heavy (non-hydrogen) atoms. The van der Waals surface area contributed by atoms with Gasteiger partial charge in [0.2, 0.25) is 0 Å². The number of thiazole rings is 1. The van der Waals surface area contributed by atoms with E-state index in [-0.39, 0.29) is 24.5 Å². The number of nitrogens with zero attached hydrogens (tertiary/aromatic N) is 1. The third-order valence-corrected chi connectivity index (χ3v) is 4.02. The van der Waals surface area contributed by atoms with Gasteiger partial charge < -0.3 is 10.4 Å². The molecule has 1 aromatic carbocycles. The normalized spacial score (nSPS) is 12.4. The summed E-state index contributed by atoms with van der Waals surface area (Å²) in [5.74, 6) is 0.183. The molecule has 2 aromatic rings. The van der Waals surface area contributed by atoms with Gasteiger partial charge in [0, 0.05) is 29.2 Å². The summed E-state index contributed by atoms with van der Waals surface area (Å²) in [7, 11) is 0. The Hall–Kier alpha value is -1.72. The Morgan fingerprint density at radius 3 is 2.57 bits per heavy atom. The first-order valence-corrected chi connectivity index (χ1v) is 7.96. The zero-order valence-electron chi connectivity index (χ0n) is 12.2. The predicted octanol–water partition coefficient (Wildman–Crippen LogP) is 2.95. The van der Waals surface area contributed by atoms with Crippen LogP contribution in [0.3, 0.4) is 0 Å². The molecular weight excluding hydrogens is 284 g/mol. The molecule has 0 radical (unpaired) electrons. The van der Waals surface area contributed by atoms with Crippen molar-refractivity contribution in [2.45, 2.75) is 26.3 Å². The van der Waals surface area contributed by atoms with Crippen molar-refractivity contribution in [3.8, 4) is 11.3 Å². The first-order valence-electron chi connectivity index (χ1n) is 7.02. The fraction of sp³-hybridized carbons (Fsp3) is 0.375. The lowest BCUT2D eigenvalue weighted by atomic mass is 10.0. The highest BCUT2D eigenvalue weighted by atomic mass is 32.1. The topological polar surface area (TPSA) is 62.2 Å². The third kappa shape index (κ3) is 4.12. The Morgan fingerprint density at radius 1 is 1.33 bits per heavy atom. The van der Waals surface area contributed by atoms with Crippen molar-refractivity contribution in [2.75, 3.05) is 6.61 Å². The van der Waals surface area contributed by atoms with E-state index in [4.69, 9.17) is 5.11 Å². The van der Waals surface area contributed by atoms with Gasteiger partial charge in [0.1, 0.15) is 0 Å². The minimum Gasteiger partial charge on any atom is -0.396 e. The smallest absolute Gasteiger partial charge is 0.251 e. The third-order valence-electron chi connectivity index (χ3n) is 3.44. The molecule has 5 heteroatoms. The van der Waals surface area contributed by atoms with Gasteiger partial charge in [-0.3, -0.25) is 4.79 Å². The van der Waals surface area contributed by atoms with Crippen LogP contribution in [0.1, 0.15) is 30.6 Å². The van der Waals surface area contributed by atoms with Crippen molar-refractivity contribution in [2.24, 2.45) is 5.92 Å². The molecule has 1 unspecified atom stereocenters. The molecule has 0 saturated heterocycles. The van der Waals surface area contributed by atoms with Crippen LogP contribution < -0.4 is 5.32 Å². The fourth-order valence-electron chi connectivity index (χ4n) is 2.11. The van der Waals surface area contributed by atoms with Gasteiger partial charge in [0.15, 0.2) is 0 Å². The summed E-state index contributed by atoms with van der Waals surface area (Å²) in [6.07, 6.45) is 0.570. The van der Waals surface area contributed by atoms with Crippen molar-refractivity contribution in [3.05, 3.63) is 40.7 Å². The van der Waals surface area contributed by atoms with E-state index in [0.29, 0.717) is 12.0 Å². The van der Waals surface area contributed by atoms with Crippen LogP contribution in [0.2, 0.25) is 0 Å². The van der Waals surface area contributed by atoms with E-state index < -0.39 is 0 Å². The quantitative estimate of drug-likeness (QED) is 0.862. The number of benzene rings is 1. The maximum absolute atomic E-state index is 12.2. The highest BCUT2D eigenvalue weighted by molar-refractivity contribution is 7.07. The number of aromatic nitrogens is 1. The van der Waals surface area contributed by atoms with E-state index in [0.717, 1.165) is 11.3 Å². The maximum Gasteiger partial charge on any atom is 0.251 e. The van der Waals surface area contributed by atoms with Crippen LogP contribution in [0.5, 0.6) is 0 Å². The van der Waals surface area contributed by atoms with Gasteiger partial charge in [-0.2, -0.15) is 0 Å². The van der Waals surface area contributed by atoms with Crippen LogP contribution in [0.15, 0.2) is 35.2 Å². The number of aliphatic hydroxyl groups excluding tert-OH is 1. The van der Waals surface area contributed by atoms with Gasteiger partial charge in [0.05, 0.1) is 11.2 Å². The Kier molecular flexibility index (Phi) is 5.47. The molecule has 4 nitrogen and oxygen atoms in total. The number of rotatable bonds is 6.